The number of sulfone groups is 1. The van der Waals surface area contributed by atoms with Crippen LogP contribution in [0, 0.1) is 0 Å². The van der Waals surface area contributed by atoms with Gasteiger partial charge >= 0.3 is 0 Å². The SMILES string of the molecule is COc1cc(NC(=O)c2c(-c3cccc(OC)c3)nc3n2CCS3(=O)=O)cc(OC)c1. The lowest BCUT2D eigenvalue weighted by Crippen LogP contribution is -2.18. The third-order valence-electron chi connectivity index (χ3n) is 4.96. The number of carbonyl (C=O) groups is 1. The molecule has 0 unspecified atom stereocenters. The quantitative estimate of drug-likeness (QED) is 0.624. The summed E-state index contributed by atoms with van der Waals surface area (Å²) in [5.74, 6) is 0.981. The second-order valence-corrected chi connectivity index (χ2v) is 8.85. The van der Waals surface area contributed by atoms with Crippen LogP contribution < -0.4 is 19.5 Å². The highest BCUT2D eigenvalue weighted by molar-refractivity contribution is 7.91. The Morgan fingerprint density at radius 1 is 1.00 bits per heavy atom. The zero-order valence-corrected chi connectivity index (χ0v) is 18.0. The van der Waals surface area contributed by atoms with Gasteiger partial charge in [-0.3, -0.25) is 4.79 Å². The molecule has 9 nitrogen and oxygen atoms in total. The molecular weight excluding hydrogens is 422 g/mol. The molecule has 0 saturated heterocycles. The third-order valence-corrected chi connectivity index (χ3v) is 6.55. The lowest BCUT2D eigenvalue weighted by molar-refractivity contribution is 0.101. The van der Waals surface area contributed by atoms with Crippen molar-refractivity contribution in [2.45, 2.75) is 11.7 Å². The number of hydrogen-bond acceptors (Lipinski definition) is 7. The van der Waals surface area contributed by atoms with Gasteiger partial charge in [0.15, 0.2) is 0 Å². The van der Waals surface area contributed by atoms with Gasteiger partial charge in [0.2, 0.25) is 15.0 Å². The van der Waals surface area contributed by atoms with Gasteiger partial charge < -0.3 is 24.1 Å². The Labute approximate surface area is 179 Å². The number of hydrogen-bond donors (Lipinski definition) is 1. The van der Waals surface area contributed by atoms with Gasteiger partial charge in [-0.05, 0) is 12.1 Å². The Kier molecular flexibility index (Phi) is 5.32. The standard InChI is InChI=1S/C21H21N3O6S/c1-28-15-6-4-5-13(9-15)18-19(24-7-8-31(26,27)21(24)23-18)20(25)22-14-10-16(29-2)12-17(11-14)30-3/h4-6,9-12H,7-8H2,1-3H3,(H,22,25). The van der Waals surface area contributed by atoms with Gasteiger partial charge in [-0.2, -0.15) is 0 Å². The lowest BCUT2D eigenvalue weighted by atomic mass is 10.1. The molecule has 0 atom stereocenters. The van der Waals surface area contributed by atoms with E-state index < -0.39 is 15.7 Å². The van der Waals surface area contributed by atoms with Crippen LogP contribution >= 0.6 is 0 Å². The zero-order valence-electron chi connectivity index (χ0n) is 17.2. The highest BCUT2D eigenvalue weighted by Gasteiger charge is 2.35. The minimum Gasteiger partial charge on any atom is -0.497 e. The number of rotatable bonds is 6. The van der Waals surface area contributed by atoms with E-state index >= 15 is 0 Å². The van der Waals surface area contributed by atoms with Crippen LogP contribution in [0.3, 0.4) is 0 Å². The Bertz CT molecular complexity index is 1240. The van der Waals surface area contributed by atoms with Crippen molar-refractivity contribution in [1.82, 2.24) is 9.55 Å². The van der Waals surface area contributed by atoms with E-state index in [1.807, 2.05) is 0 Å². The molecule has 1 aliphatic heterocycles. The summed E-state index contributed by atoms with van der Waals surface area (Å²) in [5.41, 5.74) is 1.44. The molecule has 1 aliphatic rings. The van der Waals surface area contributed by atoms with Gasteiger partial charge in [0.25, 0.3) is 5.91 Å². The van der Waals surface area contributed by atoms with E-state index in [1.54, 1.807) is 42.5 Å². The van der Waals surface area contributed by atoms with Crippen LogP contribution in [0.15, 0.2) is 47.6 Å². The number of amides is 1. The van der Waals surface area contributed by atoms with E-state index in [-0.39, 0.29) is 28.8 Å². The number of benzene rings is 2. The van der Waals surface area contributed by atoms with Gasteiger partial charge in [0.05, 0.1) is 27.1 Å². The van der Waals surface area contributed by atoms with E-state index in [2.05, 4.69) is 10.3 Å². The van der Waals surface area contributed by atoms with Crippen molar-refractivity contribution in [3.05, 3.63) is 48.2 Å². The smallest absolute Gasteiger partial charge is 0.274 e. The highest BCUT2D eigenvalue weighted by Crippen LogP contribution is 2.33. The first kappa shape index (κ1) is 20.7. The van der Waals surface area contributed by atoms with Crippen LogP contribution in [0.4, 0.5) is 5.69 Å². The second kappa shape index (κ2) is 7.95. The minimum absolute atomic E-state index is 0.0962. The summed E-state index contributed by atoms with van der Waals surface area (Å²) in [5, 5.41) is 2.69. The summed E-state index contributed by atoms with van der Waals surface area (Å²) in [6, 6.07) is 11.9. The van der Waals surface area contributed by atoms with Gasteiger partial charge in [0, 0.05) is 36.0 Å². The van der Waals surface area contributed by atoms with E-state index in [1.165, 1.54) is 25.9 Å². The third kappa shape index (κ3) is 3.81. The molecule has 1 N–H and O–H groups in total. The fraction of sp³-hybridized carbons (Fsp3) is 0.238. The van der Waals surface area contributed by atoms with Crippen LogP contribution in [0.2, 0.25) is 0 Å². The normalized spacial score (nSPS) is 14.0. The van der Waals surface area contributed by atoms with Crippen LogP contribution in [0.1, 0.15) is 10.5 Å². The van der Waals surface area contributed by atoms with Crippen molar-refractivity contribution in [2.75, 3.05) is 32.4 Å². The Balaban J connectivity index is 1.81. The number of nitrogens with zero attached hydrogens (tertiary/aromatic N) is 2. The first-order chi connectivity index (χ1) is 14.9. The number of nitrogens with one attached hydrogen (secondary N) is 1. The van der Waals surface area contributed by atoms with Crippen molar-refractivity contribution in [3.63, 3.8) is 0 Å². The maximum absolute atomic E-state index is 13.3. The van der Waals surface area contributed by atoms with Crippen LogP contribution in [0.5, 0.6) is 17.2 Å². The molecule has 0 bridgehead atoms. The van der Waals surface area contributed by atoms with Gasteiger partial charge in [0.1, 0.15) is 28.6 Å². The second-order valence-electron chi connectivity index (χ2n) is 6.85. The fourth-order valence-corrected chi connectivity index (χ4v) is 4.81. The van der Waals surface area contributed by atoms with E-state index in [0.29, 0.717) is 28.5 Å². The van der Waals surface area contributed by atoms with Crippen molar-refractivity contribution < 1.29 is 27.4 Å². The van der Waals surface area contributed by atoms with Gasteiger partial charge in [-0.15, -0.1) is 0 Å². The van der Waals surface area contributed by atoms with Crippen molar-refractivity contribution in [3.8, 4) is 28.5 Å². The summed E-state index contributed by atoms with van der Waals surface area (Å²) in [6.07, 6.45) is 0. The summed E-state index contributed by atoms with van der Waals surface area (Å²) < 4.78 is 42.1. The highest BCUT2D eigenvalue weighted by atomic mass is 32.2. The van der Waals surface area contributed by atoms with Gasteiger partial charge in [-0.1, -0.05) is 12.1 Å². The molecule has 31 heavy (non-hydrogen) atoms. The number of ether oxygens (including phenoxy) is 3. The molecule has 0 aliphatic carbocycles. The largest absolute Gasteiger partial charge is 0.497 e. The molecule has 162 valence electrons. The maximum Gasteiger partial charge on any atom is 0.274 e. The van der Waals surface area contributed by atoms with Crippen LogP contribution in [-0.4, -0.2) is 51.0 Å². The average molecular weight is 443 g/mol. The molecule has 10 heteroatoms. The summed E-state index contributed by atoms with van der Waals surface area (Å²) >= 11 is 0. The topological polar surface area (TPSA) is 109 Å². The van der Waals surface area contributed by atoms with Crippen molar-refractivity contribution in [1.29, 1.82) is 0 Å². The molecule has 0 spiro atoms. The van der Waals surface area contributed by atoms with E-state index in [4.69, 9.17) is 14.2 Å². The Morgan fingerprint density at radius 2 is 1.68 bits per heavy atom. The lowest BCUT2D eigenvalue weighted by Gasteiger charge is -2.12. The first-order valence-electron chi connectivity index (χ1n) is 9.38. The Morgan fingerprint density at radius 3 is 2.32 bits per heavy atom. The fourth-order valence-electron chi connectivity index (χ4n) is 3.45. The number of methoxy groups -OCH3 is 3. The average Bonchev–Trinajstić information content (AvgIpc) is 3.30. The first-order valence-corrected chi connectivity index (χ1v) is 11.0. The predicted molar refractivity (Wildman–Crippen MR) is 114 cm³/mol. The molecule has 4 rings (SSSR count). The summed E-state index contributed by atoms with van der Waals surface area (Å²) in [6.45, 7) is 0.152. The summed E-state index contributed by atoms with van der Waals surface area (Å²) in [4.78, 5) is 17.6. The molecule has 1 amide bonds. The molecular formula is C21H21N3O6S. The zero-order chi connectivity index (χ0) is 22.2. The minimum atomic E-state index is -3.56. The number of imidazole rings is 1. The number of carbonyl (C=O) groups excluding carboxylic acids is 1. The summed E-state index contributed by atoms with van der Waals surface area (Å²) in [7, 11) is 0.990. The molecule has 3 aromatic rings. The molecule has 0 radical (unpaired) electrons. The van der Waals surface area contributed by atoms with Crippen molar-refractivity contribution >= 4 is 21.4 Å². The number of anilines is 1. The molecule has 0 fully saturated rings. The van der Waals surface area contributed by atoms with Gasteiger partial charge in [-0.25, -0.2) is 13.4 Å². The van der Waals surface area contributed by atoms with E-state index in [9.17, 15) is 13.2 Å². The molecule has 2 aromatic carbocycles. The van der Waals surface area contributed by atoms with Crippen LogP contribution in [-0.2, 0) is 16.4 Å². The van der Waals surface area contributed by atoms with E-state index in [0.717, 1.165) is 0 Å². The van der Waals surface area contributed by atoms with Crippen molar-refractivity contribution in [2.24, 2.45) is 0 Å². The number of aromatic nitrogens is 2. The monoisotopic (exact) mass is 443 g/mol. The molecule has 0 saturated carbocycles. The number of fused-ring (bicyclic) bond motifs is 1. The molecule has 2 heterocycles. The predicted octanol–water partition coefficient (Wildman–Crippen LogP) is 2.62. The van der Waals surface area contributed by atoms with Crippen LogP contribution in [0.25, 0.3) is 11.3 Å². The molecule has 1 aromatic heterocycles. The Hall–Kier alpha value is -3.53. The maximum atomic E-state index is 13.3.